The van der Waals surface area contributed by atoms with Crippen molar-refractivity contribution in [1.82, 2.24) is 9.88 Å². The highest BCUT2D eigenvalue weighted by molar-refractivity contribution is 7.90. The van der Waals surface area contributed by atoms with Crippen LogP contribution in [0.25, 0.3) is 10.9 Å². The van der Waals surface area contributed by atoms with Crippen LogP contribution in [0.2, 0.25) is 0 Å². The number of aryl methyl sites for hydroxylation is 1. The molecule has 1 saturated carbocycles. The van der Waals surface area contributed by atoms with Gasteiger partial charge < -0.3 is 9.88 Å². The van der Waals surface area contributed by atoms with Crippen molar-refractivity contribution in [3.63, 3.8) is 0 Å². The van der Waals surface area contributed by atoms with Crippen LogP contribution in [0.1, 0.15) is 49.7 Å². The Bertz CT molecular complexity index is 1170. The third-order valence-corrected chi connectivity index (χ3v) is 7.91. The van der Waals surface area contributed by atoms with Crippen LogP contribution < -0.4 is 5.32 Å². The highest BCUT2D eigenvalue weighted by Gasteiger charge is 2.23. The minimum atomic E-state index is -3.56. The molecule has 1 aromatic heterocycles. The van der Waals surface area contributed by atoms with Gasteiger partial charge in [0.15, 0.2) is 9.84 Å². The van der Waals surface area contributed by atoms with Crippen LogP contribution in [0.4, 0.5) is 0 Å². The number of para-hydroxylation sites is 1. The fraction of sp³-hybridized carbons (Fsp3) is 0.400. The summed E-state index contributed by atoms with van der Waals surface area (Å²) in [6, 6.07) is 15.2. The van der Waals surface area contributed by atoms with Crippen molar-refractivity contribution in [2.24, 2.45) is 0 Å². The second kappa shape index (κ2) is 9.27. The zero-order valence-corrected chi connectivity index (χ0v) is 18.8. The molecule has 4 rings (SSSR count). The molecule has 5 nitrogen and oxygen atoms in total. The zero-order chi connectivity index (χ0) is 21.8. The lowest BCUT2D eigenvalue weighted by Crippen LogP contribution is -2.36. The molecule has 0 radical (unpaired) electrons. The molecule has 31 heavy (non-hydrogen) atoms. The van der Waals surface area contributed by atoms with Crippen LogP contribution in [-0.4, -0.2) is 24.9 Å². The third kappa shape index (κ3) is 5.01. The van der Waals surface area contributed by atoms with Crippen LogP contribution in [0.3, 0.4) is 0 Å². The molecule has 0 bridgehead atoms. The summed E-state index contributed by atoms with van der Waals surface area (Å²) in [5.41, 5.74) is 2.52. The largest absolute Gasteiger partial charge is 0.352 e. The molecule has 0 unspecified atom stereocenters. The number of benzene rings is 2. The second-order valence-electron chi connectivity index (χ2n) is 8.58. The predicted molar refractivity (Wildman–Crippen MR) is 124 cm³/mol. The molecule has 1 N–H and O–H groups in total. The SMILES string of the molecule is Cc1ccccc1CS(=O)(=O)c1cn(CC(=O)NC2CCCCCC2)c2ccccc12. The van der Waals surface area contributed by atoms with Crippen molar-refractivity contribution in [2.45, 2.75) is 68.7 Å². The highest BCUT2D eigenvalue weighted by Crippen LogP contribution is 2.28. The van der Waals surface area contributed by atoms with E-state index in [9.17, 15) is 13.2 Å². The van der Waals surface area contributed by atoms with Gasteiger partial charge in [0.25, 0.3) is 0 Å². The molecule has 0 atom stereocenters. The molecule has 1 fully saturated rings. The van der Waals surface area contributed by atoms with Crippen LogP contribution in [0, 0.1) is 6.92 Å². The third-order valence-electron chi connectivity index (χ3n) is 6.23. The number of carbonyl (C=O) groups is 1. The first kappa shape index (κ1) is 21.6. The summed E-state index contributed by atoms with van der Waals surface area (Å²) in [5.74, 6) is -0.113. The highest BCUT2D eigenvalue weighted by atomic mass is 32.2. The fourth-order valence-corrected chi connectivity index (χ4v) is 6.18. The van der Waals surface area contributed by atoms with Gasteiger partial charge in [-0.2, -0.15) is 0 Å². The monoisotopic (exact) mass is 438 g/mol. The Labute approximate surface area is 184 Å². The molecule has 0 spiro atoms. The van der Waals surface area contributed by atoms with Crippen LogP contribution >= 0.6 is 0 Å². The summed E-state index contributed by atoms with van der Waals surface area (Å²) in [7, 11) is -3.56. The quantitative estimate of drug-likeness (QED) is 0.564. The van der Waals surface area contributed by atoms with E-state index in [1.54, 1.807) is 10.8 Å². The summed E-state index contributed by atoms with van der Waals surface area (Å²) in [6.07, 6.45) is 8.44. The summed E-state index contributed by atoms with van der Waals surface area (Å²) in [6.45, 7) is 2.04. The van der Waals surface area contributed by atoms with Gasteiger partial charge in [0.2, 0.25) is 5.91 Å². The summed E-state index contributed by atoms with van der Waals surface area (Å²) < 4.78 is 28.4. The maximum atomic E-state index is 13.3. The Hall–Kier alpha value is -2.60. The van der Waals surface area contributed by atoms with E-state index < -0.39 is 9.84 Å². The maximum Gasteiger partial charge on any atom is 0.240 e. The summed E-state index contributed by atoms with van der Waals surface area (Å²) >= 11 is 0. The second-order valence-corrected chi connectivity index (χ2v) is 10.5. The van der Waals surface area contributed by atoms with Gasteiger partial charge in [-0.25, -0.2) is 8.42 Å². The van der Waals surface area contributed by atoms with Crippen LogP contribution in [-0.2, 0) is 26.9 Å². The smallest absolute Gasteiger partial charge is 0.240 e. The van der Waals surface area contributed by atoms with Crippen LogP contribution in [0.15, 0.2) is 59.6 Å². The molecule has 0 saturated heterocycles. The van der Waals surface area contributed by atoms with Gasteiger partial charge in [0.1, 0.15) is 6.54 Å². The van der Waals surface area contributed by atoms with E-state index in [0.717, 1.165) is 42.3 Å². The Morgan fingerprint density at radius 1 is 1.00 bits per heavy atom. The summed E-state index contributed by atoms with van der Waals surface area (Å²) in [4.78, 5) is 13.0. The van der Waals surface area contributed by atoms with E-state index in [-0.39, 0.29) is 29.1 Å². The minimum Gasteiger partial charge on any atom is -0.352 e. The number of aromatic nitrogens is 1. The lowest BCUT2D eigenvalue weighted by Gasteiger charge is -2.16. The van der Waals surface area contributed by atoms with Gasteiger partial charge in [-0.1, -0.05) is 68.1 Å². The van der Waals surface area contributed by atoms with Crippen molar-refractivity contribution in [1.29, 1.82) is 0 Å². The molecular weight excluding hydrogens is 408 g/mol. The van der Waals surface area contributed by atoms with Crippen molar-refractivity contribution < 1.29 is 13.2 Å². The number of amides is 1. The Kier molecular flexibility index (Phi) is 6.46. The van der Waals surface area contributed by atoms with E-state index in [4.69, 9.17) is 0 Å². The molecule has 2 aromatic carbocycles. The number of hydrogen-bond acceptors (Lipinski definition) is 3. The first-order valence-electron chi connectivity index (χ1n) is 11.1. The number of sulfone groups is 1. The van der Waals surface area contributed by atoms with E-state index >= 15 is 0 Å². The number of carbonyl (C=O) groups excluding carboxylic acids is 1. The molecule has 0 aliphatic heterocycles. The lowest BCUT2D eigenvalue weighted by molar-refractivity contribution is -0.122. The van der Waals surface area contributed by atoms with Gasteiger partial charge in [-0.05, 0) is 37.0 Å². The Morgan fingerprint density at radius 3 is 2.42 bits per heavy atom. The van der Waals surface area contributed by atoms with Crippen molar-refractivity contribution >= 4 is 26.6 Å². The molecule has 1 aliphatic rings. The molecule has 6 heteroatoms. The van der Waals surface area contributed by atoms with Crippen molar-refractivity contribution in [3.8, 4) is 0 Å². The Morgan fingerprint density at radius 2 is 1.68 bits per heavy atom. The normalized spacial score (nSPS) is 15.6. The maximum absolute atomic E-state index is 13.3. The number of rotatable bonds is 6. The van der Waals surface area contributed by atoms with E-state index in [2.05, 4.69) is 5.32 Å². The number of fused-ring (bicyclic) bond motifs is 1. The van der Waals surface area contributed by atoms with E-state index in [1.807, 2.05) is 55.5 Å². The van der Waals surface area contributed by atoms with Gasteiger partial charge in [0.05, 0.1) is 10.6 Å². The fourth-order valence-electron chi connectivity index (χ4n) is 4.50. The average molecular weight is 439 g/mol. The average Bonchev–Trinajstić information content (AvgIpc) is 2.91. The van der Waals surface area contributed by atoms with Crippen molar-refractivity contribution in [3.05, 3.63) is 65.9 Å². The van der Waals surface area contributed by atoms with E-state index in [1.165, 1.54) is 12.8 Å². The van der Waals surface area contributed by atoms with Gasteiger partial charge in [-0.15, -0.1) is 0 Å². The topological polar surface area (TPSA) is 68.2 Å². The van der Waals surface area contributed by atoms with Gasteiger partial charge in [0, 0.05) is 23.1 Å². The number of nitrogens with one attached hydrogen (secondary N) is 1. The molecular formula is C25H30N2O3S. The lowest BCUT2D eigenvalue weighted by atomic mass is 10.1. The summed E-state index contributed by atoms with van der Waals surface area (Å²) in [5, 5.41) is 3.82. The number of hydrogen-bond donors (Lipinski definition) is 1. The Balaban J connectivity index is 1.60. The van der Waals surface area contributed by atoms with Crippen LogP contribution in [0.5, 0.6) is 0 Å². The van der Waals surface area contributed by atoms with Gasteiger partial charge >= 0.3 is 0 Å². The first-order chi connectivity index (χ1) is 14.9. The standard InChI is InChI=1S/C25H30N2O3S/c1-19-10-6-7-11-20(19)18-31(29,30)24-16-27(23-15-9-8-14-22(23)24)17-25(28)26-21-12-4-2-3-5-13-21/h6-11,14-16,21H,2-5,12-13,17-18H2,1H3,(H,26,28). The zero-order valence-electron chi connectivity index (χ0n) is 18.0. The molecule has 1 heterocycles. The first-order valence-corrected chi connectivity index (χ1v) is 12.7. The van der Waals surface area contributed by atoms with Crippen molar-refractivity contribution in [2.75, 3.05) is 0 Å². The number of nitrogens with zero attached hydrogens (tertiary/aromatic N) is 1. The van der Waals surface area contributed by atoms with E-state index in [0.29, 0.717) is 5.39 Å². The molecule has 1 aliphatic carbocycles. The minimum absolute atomic E-state index is 0.0536. The predicted octanol–water partition coefficient (Wildman–Crippen LogP) is 4.76. The molecule has 164 valence electrons. The molecule has 1 amide bonds. The molecule has 3 aromatic rings. The van der Waals surface area contributed by atoms with Gasteiger partial charge in [-0.3, -0.25) is 4.79 Å².